The number of aliphatic hydroxyl groups is 1. The van der Waals surface area contributed by atoms with E-state index in [1.54, 1.807) is 6.08 Å². The summed E-state index contributed by atoms with van der Waals surface area (Å²) in [5.41, 5.74) is 0. The molecule has 0 fully saturated rings. The number of unbranched alkanes of at least 4 members (excludes halogenated alkanes) is 50. The van der Waals surface area contributed by atoms with Crippen LogP contribution in [0.1, 0.15) is 361 Å². The Morgan fingerprint density at radius 3 is 1.04 bits per heavy atom. The molecule has 0 aliphatic rings. The minimum Gasteiger partial charge on any atom is -0.756 e. The smallest absolute Gasteiger partial charge is 0.268 e. The number of quaternary nitrogens is 1. The first-order chi connectivity index (χ1) is 38.0. The van der Waals surface area contributed by atoms with Crippen LogP contribution in [-0.2, 0) is 18.4 Å². The SMILES string of the molecule is CCCCCCCCCCCCCCC/C=C/CC/C=C/C(O)C(COP(=O)([O-])OCC[N+](C)(C)C)NC(=O)CCCCCCCCCCCCCCCCCCCCCCCCCCCCCCCCCCCCCCC. The Morgan fingerprint density at radius 1 is 0.436 bits per heavy atom. The lowest BCUT2D eigenvalue weighted by Gasteiger charge is -2.29. The van der Waals surface area contributed by atoms with Crippen molar-refractivity contribution in [2.75, 3.05) is 40.9 Å². The third-order valence-electron chi connectivity index (χ3n) is 16.2. The van der Waals surface area contributed by atoms with Gasteiger partial charge in [0.05, 0.1) is 39.9 Å². The van der Waals surface area contributed by atoms with Crippen LogP contribution >= 0.6 is 7.82 Å². The summed E-state index contributed by atoms with van der Waals surface area (Å²) in [6, 6.07) is -0.901. The maximum atomic E-state index is 13.0. The topological polar surface area (TPSA) is 108 Å². The van der Waals surface area contributed by atoms with Crippen molar-refractivity contribution in [1.82, 2.24) is 5.32 Å². The van der Waals surface area contributed by atoms with Crippen LogP contribution in [0.25, 0.3) is 0 Å². The fourth-order valence-electron chi connectivity index (χ4n) is 10.8. The molecule has 0 aliphatic carbocycles. The van der Waals surface area contributed by atoms with E-state index < -0.39 is 20.0 Å². The number of carbonyl (C=O) groups excluding carboxylic acids is 1. The zero-order chi connectivity index (χ0) is 57.0. The summed E-state index contributed by atoms with van der Waals surface area (Å²) < 4.78 is 23.4. The van der Waals surface area contributed by atoms with Crippen molar-refractivity contribution in [3.8, 4) is 0 Å². The Hall–Kier alpha value is -1.02. The number of phosphoric acid groups is 1. The summed E-state index contributed by atoms with van der Waals surface area (Å²) >= 11 is 0. The Labute approximate surface area is 487 Å². The summed E-state index contributed by atoms with van der Waals surface area (Å²) in [5, 5.41) is 13.9. The highest BCUT2D eigenvalue weighted by molar-refractivity contribution is 7.45. The number of phosphoric ester groups is 1. The van der Waals surface area contributed by atoms with Gasteiger partial charge in [-0.15, -0.1) is 0 Å². The van der Waals surface area contributed by atoms with E-state index in [9.17, 15) is 19.4 Å². The van der Waals surface area contributed by atoms with Gasteiger partial charge in [0.1, 0.15) is 13.2 Å². The van der Waals surface area contributed by atoms with Gasteiger partial charge in [-0.2, -0.15) is 0 Å². The van der Waals surface area contributed by atoms with Crippen molar-refractivity contribution < 1.29 is 32.9 Å². The van der Waals surface area contributed by atoms with E-state index in [0.717, 1.165) is 38.5 Å². The van der Waals surface area contributed by atoms with Crippen molar-refractivity contribution in [2.24, 2.45) is 0 Å². The lowest BCUT2D eigenvalue weighted by atomic mass is 10.0. The van der Waals surface area contributed by atoms with E-state index in [1.165, 1.54) is 302 Å². The first kappa shape index (κ1) is 77.0. The van der Waals surface area contributed by atoms with Crippen molar-refractivity contribution in [2.45, 2.75) is 373 Å². The number of hydrogen-bond acceptors (Lipinski definition) is 6. The normalized spacial score (nSPS) is 13.8. The number of hydrogen-bond donors (Lipinski definition) is 2. The first-order valence-corrected chi connectivity index (χ1v) is 36.2. The predicted molar refractivity (Wildman–Crippen MR) is 339 cm³/mol. The molecule has 78 heavy (non-hydrogen) atoms. The second-order valence-electron chi connectivity index (χ2n) is 25.2. The number of amides is 1. The van der Waals surface area contributed by atoms with Gasteiger partial charge in [-0.05, 0) is 32.1 Å². The molecule has 0 aromatic heterocycles. The molecule has 9 heteroatoms. The average Bonchev–Trinajstić information content (AvgIpc) is 3.41. The number of likely N-dealkylation sites (N-methyl/N-ethyl adjacent to an activating group) is 1. The third kappa shape index (κ3) is 62.6. The van der Waals surface area contributed by atoms with Gasteiger partial charge >= 0.3 is 0 Å². The van der Waals surface area contributed by atoms with E-state index in [4.69, 9.17) is 9.05 Å². The van der Waals surface area contributed by atoms with Crippen LogP contribution in [0.3, 0.4) is 0 Å². The van der Waals surface area contributed by atoms with Crippen molar-refractivity contribution in [3.05, 3.63) is 24.3 Å². The van der Waals surface area contributed by atoms with Gasteiger partial charge in [0.25, 0.3) is 7.82 Å². The second-order valence-corrected chi connectivity index (χ2v) is 26.7. The van der Waals surface area contributed by atoms with Crippen molar-refractivity contribution in [3.63, 3.8) is 0 Å². The Balaban J connectivity index is 3.95. The lowest BCUT2D eigenvalue weighted by molar-refractivity contribution is -0.870. The fraction of sp³-hybridized carbons (Fsp3) is 0.928. The molecule has 0 bridgehead atoms. The number of aliphatic hydroxyl groups excluding tert-OH is 1. The summed E-state index contributed by atoms with van der Waals surface area (Å²) in [6.07, 6.45) is 78.9. The van der Waals surface area contributed by atoms with Crippen LogP contribution in [0.4, 0.5) is 0 Å². The molecule has 0 spiro atoms. The molecule has 3 atom stereocenters. The first-order valence-electron chi connectivity index (χ1n) is 34.7. The van der Waals surface area contributed by atoms with Crippen molar-refractivity contribution >= 4 is 13.7 Å². The molecule has 0 aromatic rings. The Morgan fingerprint density at radius 2 is 0.718 bits per heavy atom. The van der Waals surface area contributed by atoms with Crippen LogP contribution in [0.2, 0.25) is 0 Å². The highest BCUT2D eigenvalue weighted by Crippen LogP contribution is 2.38. The molecule has 0 aliphatic heterocycles. The molecule has 0 saturated heterocycles. The molecule has 0 rings (SSSR count). The number of nitrogens with zero attached hydrogens (tertiary/aromatic N) is 1. The summed E-state index contributed by atoms with van der Waals surface area (Å²) in [6.45, 7) is 4.69. The van der Waals surface area contributed by atoms with Gasteiger partial charge in [0, 0.05) is 6.42 Å². The second kappa shape index (κ2) is 60.6. The molecule has 0 heterocycles. The maximum Gasteiger partial charge on any atom is 0.268 e. The molecule has 1 amide bonds. The van der Waals surface area contributed by atoms with E-state index in [0.29, 0.717) is 17.4 Å². The summed E-state index contributed by atoms with van der Waals surface area (Å²) in [7, 11) is 1.26. The number of rotatable bonds is 65. The van der Waals surface area contributed by atoms with Crippen LogP contribution < -0.4 is 10.2 Å². The molecule has 0 aromatic carbocycles. The van der Waals surface area contributed by atoms with E-state index in [1.807, 2.05) is 27.2 Å². The summed E-state index contributed by atoms with van der Waals surface area (Å²) in [5.74, 6) is -0.199. The monoisotopic (exact) mass is 1120 g/mol. The van der Waals surface area contributed by atoms with Gasteiger partial charge in [0.2, 0.25) is 5.91 Å². The number of nitrogens with one attached hydrogen (secondary N) is 1. The minimum absolute atomic E-state index is 0.00356. The van der Waals surface area contributed by atoms with E-state index in [2.05, 4.69) is 31.3 Å². The highest BCUT2D eigenvalue weighted by Gasteiger charge is 2.23. The van der Waals surface area contributed by atoms with Crippen LogP contribution in [-0.4, -0.2) is 68.5 Å². The minimum atomic E-state index is -4.61. The molecule has 3 unspecified atom stereocenters. The molecule has 8 nitrogen and oxygen atoms in total. The van der Waals surface area contributed by atoms with Gasteiger partial charge in [0.15, 0.2) is 0 Å². The number of allylic oxidation sites excluding steroid dienone is 3. The van der Waals surface area contributed by atoms with Gasteiger partial charge in [-0.25, -0.2) is 0 Å². The lowest BCUT2D eigenvalue weighted by Crippen LogP contribution is -2.45. The fourth-order valence-corrected chi connectivity index (χ4v) is 11.5. The Bertz CT molecular complexity index is 1320. The van der Waals surface area contributed by atoms with Gasteiger partial charge < -0.3 is 28.8 Å². The zero-order valence-electron chi connectivity index (χ0n) is 53.2. The largest absolute Gasteiger partial charge is 0.756 e. The highest BCUT2D eigenvalue weighted by atomic mass is 31.2. The quantitative estimate of drug-likeness (QED) is 0.0272. The van der Waals surface area contributed by atoms with Crippen LogP contribution in [0, 0.1) is 0 Å². The Kier molecular flexibility index (Phi) is 59.8. The molecule has 0 saturated carbocycles. The van der Waals surface area contributed by atoms with Crippen LogP contribution in [0.15, 0.2) is 24.3 Å². The van der Waals surface area contributed by atoms with Crippen LogP contribution in [0.5, 0.6) is 0 Å². The average molecular weight is 1120 g/mol. The van der Waals surface area contributed by atoms with Gasteiger partial charge in [-0.1, -0.05) is 346 Å². The zero-order valence-corrected chi connectivity index (χ0v) is 54.0. The van der Waals surface area contributed by atoms with Gasteiger partial charge in [-0.3, -0.25) is 9.36 Å². The molecule has 2 N–H and O–H groups in total. The third-order valence-corrected chi connectivity index (χ3v) is 17.1. The molecule has 464 valence electrons. The predicted octanol–water partition coefficient (Wildman–Crippen LogP) is 21.3. The maximum absolute atomic E-state index is 13.0. The molecular weight excluding hydrogens is 984 g/mol. The standard InChI is InChI=1S/C69H137N2O6P/c1-6-8-10-12-14-16-18-20-22-24-26-27-28-29-30-31-32-33-34-35-36-37-38-39-40-41-42-43-45-47-49-51-53-55-57-59-61-63-69(73)70-67(66-77-78(74,75)76-65-64-71(3,4)5)68(72)62-60-58-56-54-52-50-48-46-44-25-23-21-19-17-15-13-11-9-7-2/h52,54,60,62,67-68,72H,6-51,53,55-59,61,63-66H2,1-5H3,(H-,70,73,74,75)/b54-52+,62-60+. The molecule has 0 radical (unpaired) electrons. The summed E-state index contributed by atoms with van der Waals surface area (Å²) in [4.78, 5) is 25.6. The van der Waals surface area contributed by atoms with E-state index in [-0.39, 0.29) is 19.1 Å². The van der Waals surface area contributed by atoms with Crippen molar-refractivity contribution in [1.29, 1.82) is 0 Å². The van der Waals surface area contributed by atoms with E-state index >= 15 is 0 Å². The number of carbonyl (C=O) groups is 1. The molecular formula is C69H137N2O6P.